The zero-order valence-corrected chi connectivity index (χ0v) is 8.45. The molecule has 0 amide bonds. The first-order chi connectivity index (χ1) is 6.59. The van der Waals surface area contributed by atoms with Gasteiger partial charge >= 0.3 is 6.09 Å². The van der Waals surface area contributed by atoms with Gasteiger partial charge in [0.1, 0.15) is 5.82 Å². The number of halogens is 2. The summed E-state index contributed by atoms with van der Waals surface area (Å²) in [5, 5.41) is 9.35. The Kier molecular flexibility index (Phi) is 2.03. The van der Waals surface area contributed by atoms with Crippen LogP contribution in [0.3, 0.4) is 0 Å². The van der Waals surface area contributed by atoms with Crippen molar-refractivity contribution in [2.45, 2.75) is 0 Å². The van der Waals surface area contributed by atoms with Gasteiger partial charge in [-0.3, -0.25) is 4.57 Å². The Labute approximate surface area is 86.9 Å². The summed E-state index contributed by atoms with van der Waals surface area (Å²) in [6, 6.07) is 4.29. The number of aromatic nitrogens is 1. The quantitative estimate of drug-likeness (QED) is 0.788. The van der Waals surface area contributed by atoms with Crippen LogP contribution >= 0.6 is 15.9 Å². The highest BCUT2D eigenvalue weighted by molar-refractivity contribution is 9.10. The number of carbonyl (C=O) groups is 1. The first-order valence-corrected chi connectivity index (χ1v) is 4.58. The van der Waals surface area contributed by atoms with Crippen molar-refractivity contribution in [2.24, 2.45) is 0 Å². The fourth-order valence-electron chi connectivity index (χ4n) is 1.30. The van der Waals surface area contributed by atoms with Crippen LogP contribution < -0.4 is 0 Å². The van der Waals surface area contributed by atoms with Gasteiger partial charge in [-0.05, 0) is 34.1 Å². The molecule has 0 saturated heterocycles. The first-order valence-electron chi connectivity index (χ1n) is 3.79. The van der Waals surface area contributed by atoms with E-state index in [-0.39, 0.29) is 4.47 Å². The Balaban J connectivity index is 2.80. The Morgan fingerprint density at radius 2 is 2.21 bits per heavy atom. The van der Waals surface area contributed by atoms with E-state index in [2.05, 4.69) is 15.9 Å². The van der Waals surface area contributed by atoms with Crippen molar-refractivity contribution in [3.8, 4) is 0 Å². The summed E-state index contributed by atoms with van der Waals surface area (Å²) in [6.45, 7) is 0. The minimum Gasteiger partial charge on any atom is -0.464 e. The summed E-state index contributed by atoms with van der Waals surface area (Å²) in [5.74, 6) is -0.402. The Hall–Kier alpha value is -1.36. The van der Waals surface area contributed by atoms with Gasteiger partial charge in [-0.1, -0.05) is 0 Å². The lowest BCUT2D eigenvalue weighted by atomic mass is 10.2. The Morgan fingerprint density at radius 1 is 1.50 bits per heavy atom. The van der Waals surface area contributed by atoms with Gasteiger partial charge < -0.3 is 5.11 Å². The summed E-state index contributed by atoms with van der Waals surface area (Å²) in [6.07, 6.45) is 0.303. The van der Waals surface area contributed by atoms with Crippen LogP contribution in [0.1, 0.15) is 0 Å². The minimum atomic E-state index is -1.08. The standard InChI is InChI=1S/C9H5BrFNO2/c10-6-4-8-5(3-7(6)11)1-2-12(8)9(13)14/h1-4H,(H,13,14). The molecule has 5 heteroatoms. The zero-order valence-electron chi connectivity index (χ0n) is 6.87. The van der Waals surface area contributed by atoms with Gasteiger partial charge in [0.05, 0.1) is 9.99 Å². The molecule has 1 aromatic heterocycles. The third kappa shape index (κ3) is 1.29. The molecule has 1 heterocycles. The van der Waals surface area contributed by atoms with Gasteiger partial charge in [-0.15, -0.1) is 0 Å². The Bertz CT molecular complexity index is 521. The molecule has 1 aromatic carbocycles. The van der Waals surface area contributed by atoms with Gasteiger partial charge in [-0.25, -0.2) is 9.18 Å². The van der Waals surface area contributed by atoms with Crippen molar-refractivity contribution >= 4 is 32.9 Å². The van der Waals surface area contributed by atoms with E-state index >= 15 is 0 Å². The molecule has 0 aliphatic heterocycles. The van der Waals surface area contributed by atoms with E-state index in [1.165, 1.54) is 18.3 Å². The molecular weight excluding hydrogens is 253 g/mol. The highest BCUT2D eigenvalue weighted by Gasteiger charge is 2.09. The maximum Gasteiger partial charge on any atom is 0.415 e. The molecule has 0 radical (unpaired) electrons. The second-order valence-electron chi connectivity index (χ2n) is 2.79. The van der Waals surface area contributed by atoms with Gasteiger partial charge in [0, 0.05) is 11.6 Å². The lowest BCUT2D eigenvalue weighted by molar-refractivity contribution is 0.197. The lowest BCUT2D eigenvalue weighted by Crippen LogP contribution is -2.05. The fourth-order valence-corrected chi connectivity index (χ4v) is 1.63. The molecule has 0 bridgehead atoms. The number of hydrogen-bond acceptors (Lipinski definition) is 1. The molecule has 1 N–H and O–H groups in total. The fraction of sp³-hybridized carbons (Fsp3) is 0. The van der Waals surface area contributed by atoms with Gasteiger partial charge in [-0.2, -0.15) is 0 Å². The summed E-state index contributed by atoms with van der Waals surface area (Å²) in [7, 11) is 0. The Morgan fingerprint density at radius 3 is 2.86 bits per heavy atom. The second kappa shape index (κ2) is 3.09. The number of rotatable bonds is 0. The van der Waals surface area contributed by atoms with Gasteiger partial charge in [0.2, 0.25) is 0 Å². The largest absolute Gasteiger partial charge is 0.464 e. The highest BCUT2D eigenvalue weighted by Crippen LogP contribution is 2.23. The van der Waals surface area contributed by atoms with E-state index in [1.54, 1.807) is 6.07 Å². The van der Waals surface area contributed by atoms with Crippen molar-refractivity contribution in [3.05, 3.63) is 34.7 Å². The summed E-state index contributed by atoms with van der Waals surface area (Å²) in [5.41, 5.74) is 0.464. The third-order valence-electron chi connectivity index (χ3n) is 1.94. The SMILES string of the molecule is O=C(O)n1ccc2cc(F)c(Br)cc21. The van der Waals surface area contributed by atoms with Crippen LogP contribution in [0.2, 0.25) is 0 Å². The second-order valence-corrected chi connectivity index (χ2v) is 3.65. The van der Waals surface area contributed by atoms with Crippen LogP contribution in [0.4, 0.5) is 9.18 Å². The normalized spacial score (nSPS) is 10.7. The molecule has 0 unspecified atom stereocenters. The lowest BCUT2D eigenvalue weighted by Gasteiger charge is -1.99. The molecule has 0 aliphatic rings. The number of hydrogen-bond donors (Lipinski definition) is 1. The van der Waals surface area contributed by atoms with E-state index < -0.39 is 11.9 Å². The van der Waals surface area contributed by atoms with Crippen LogP contribution in [-0.4, -0.2) is 15.8 Å². The van der Waals surface area contributed by atoms with Crippen LogP contribution in [0.25, 0.3) is 10.9 Å². The maximum absolute atomic E-state index is 13.1. The molecule has 0 fully saturated rings. The van der Waals surface area contributed by atoms with Crippen molar-refractivity contribution < 1.29 is 14.3 Å². The van der Waals surface area contributed by atoms with E-state index in [1.807, 2.05) is 0 Å². The molecular formula is C9H5BrFNO2. The first kappa shape index (κ1) is 9.21. The van der Waals surface area contributed by atoms with E-state index in [0.29, 0.717) is 10.9 Å². The molecule has 0 saturated carbocycles. The molecule has 0 spiro atoms. The summed E-state index contributed by atoms with van der Waals surface area (Å²) in [4.78, 5) is 10.7. The van der Waals surface area contributed by atoms with E-state index in [9.17, 15) is 9.18 Å². The zero-order chi connectivity index (χ0) is 10.3. The van der Waals surface area contributed by atoms with Crippen LogP contribution in [0, 0.1) is 5.82 Å². The third-order valence-corrected chi connectivity index (χ3v) is 2.55. The van der Waals surface area contributed by atoms with Crippen LogP contribution in [-0.2, 0) is 0 Å². The van der Waals surface area contributed by atoms with Crippen LogP contribution in [0.15, 0.2) is 28.9 Å². The molecule has 3 nitrogen and oxygen atoms in total. The number of fused-ring (bicyclic) bond motifs is 1. The molecule has 0 atom stereocenters. The van der Waals surface area contributed by atoms with E-state index in [0.717, 1.165) is 4.57 Å². The molecule has 14 heavy (non-hydrogen) atoms. The molecule has 2 rings (SSSR count). The number of benzene rings is 1. The van der Waals surface area contributed by atoms with Crippen molar-refractivity contribution in [1.29, 1.82) is 0 Å². The van der Waals surface area contributed by atoms with Crippen LogP contribution in [0.5, 0.6) is 0 Å². The maximum atomic E-state index is 13.1. The average Bonchev–Trinajstić information content (AvgIpc) is 2.48. The number of nitrogens with zero attached hydrogens (tertiary/aromatic N) is 1. The predicted octanol–water partition coefficient (Wildman–Crippen LogP) is 3.07. The topological polar surface area (TPSA) is 42.2 Å². The smallest absolute Gasteiger partial charge is 0.415 e. The van der Waals surface area contributed by atoms with Crippen molar-refractivity contribution in [1.82, 2.24) is 4.57 Å². The average molecular weight is 258 g/mol. The number of carboxylic acid groups (broad SMARTS) is 1. The molecule has 0 aliphatic carbocycles. The summed E-state index contributed by atoms with van der Waals surface area (Å²) < 4.78 is 14.4. The van der Waals surface area contributed by atoms with Gasteiger partial charge in [0.15, 0.2) is 0 Å². The monoisotopic (exact) mass is 257 g/mol. The minimum absolute atomic E-state index is 0.256. The molecule has 72 valence electrons. The van der Waals surface area contributed by atoms with Gasteiger partial charge in [0.25, 0.3) is 0 Å². The predicted molar refractivity (Wildman–Crippen MR) is 53.0 cm³/mol. The van der Waals surface area contributed by atoms with E-state index in [4.69, 9.17) is 5.11 Å². The molecule has 2 aromatic rings. The highest BCUT2D eigenvalue weighted by atomic mass is 79.9. The van der Waals surface area contributed by atoms with Crippen molar-refractivity contribution in [2.75, 3.05) is 0 Å². The van der Waals surface area contributed by atoms with Crippen molar-refractivity contribution in [3.63, 3.8) is 0 Å². The summed E-state index contributed by atoms with van der Waals surface area (Å²) >= 11 is 3.00.